The number of sulfonamides is 1. The summed E-state index contributed by atoms with van der Waals surface area (Å²) in [5.41, 5.74) is 1.58. The average Bonchev–Trinajstić information content (AvgIpc) is 2.59. The number of hydrogen-bond donors (Lipinski definition) is 2. The smallest absolute Gasteiger partial charge is 0.238 e. The van der Waals surface area contributed by atoms with E-state index in [2.05, 4.69) is 5.32 Å². The van der Waals surface area contributed by atoms with Crippen molar-refractivity contribution in [2.45, 2.75) is 31.3 Å². The third-order valence-electron chi connectivity index (χ3n) is 3.98. The number of halogens is 1. The van der Waals surface area contributed by atoms with Gasteiger partial charge in [0.2, 0.25) is 10.0 Å². The lowest BCUT2D eigenvalue weighted by Crippen LogP contribution is -2.30. The molecule has 0 fully saturated rings. The van der Waals surface area contributed by atoms with Gasteiger partial charge in [-0.25, -0.2) is 13.6 Å². The van der Waals surface area contributed by atoms with Crippen molar-refractivity contribution in [2.75, 3.05) is 20.2 Å². The number of nitrogens with one attached hydrogen (secondary N) is 1. The monoisotopic (exact) mass is 414 g/mol. The highest BCUT2D eigenvalue weighted by Crippen LogP contribution is 2.26. The lowest BCUT2D eigenvalue weighted by molar-refractivity contribution is 0.208. The second kappa shape index (κ2) is 10.5. The van der Waals surface area contributed by atoms with E-state index in [9.17, 15) is 8.42 Å². The zero-order valence-corrected chi connectivity index (χ0v) is 17.4. The Morgan fingerprint density at radius 2 is 1.81 bits per heavy atom. The third-order valence-corrected chi connectivity index (χ3v) is 5.03. The molecule has 2 aromatic rings. The maximum absolute atomic E-state index is 11.6. The van der Waals surface area contributed by atoms with Gasteiger partial charge in [0.1, 0.15) is 6.10 Å². The molecule has 0 aromatic heterocycles. The summed E-state index contributed by atoms with van der Waals surface area (Å²) in [6.45, 7) is 5.07. The molecule has 2 rings (SSSR count). The number of ether oxygens (including phenoxy) is 2. The zero-order valence-electron chi connectivity index (χ0n) is 15.8. The average molecular weight is 415 g/mol. The number of methoxy groups -OCH3 is 1. The van der Waals surface area contributed by atoms with E-state index in [4.69, 9.17) is 14.6 Å². The molecule has 0 aliphatic heterocycles. The van der Waals surface area contributed by atoms with Crippen molar-refractivity contribution in [3.05, 3.63) is 53.6 Å². The number of hydrogen-bond acceptors (Lipinski definition) is 5. The lowest BCUT2D eigenvalue weighted by Gasteiger charge is -2.17. The molecule has 0 heterocycles. The van der Waals surface area contributed by atoms with Crippen LogP contribution in [0, 0.1) is 6.92 Å². The van der Waals surface area contributed by atoms with Gasteiger partial charge in [-0.1, -0.05) is 24.3 Å². The Labute approximate surface area is 167 Å². The molecule has 6 nitrogen and oxygen atoms in total. The molecule has 0 amide bonds. The van der Waals surface area contributed by atoms with Crippen LogP contribution in [0.1, 0.15) is 18.1 Å². The normalized spacial score (nSPS) is 12.1. The Kier molecular flexibility index (Phi) is 9.05. The lowest BCUT2D eigenvalue weighted by atomic mass is 10.1. The van der Waals surface area contributed by atoms with Crippen LogP contribution in [0.4, 0.5) is 0 Å². The van der Waals surface area contributed by atoms with Crippen molar-refractivity contribution in [3.8, 4) is 11.5 Å². The van der Waals surface area contributed by atoms with Gasteiger partial charge in [0.05, 0.1) is 12.0 Å². The molecule has 0 aliphatic rings. The van der Waals surface area contributed by atoms with Crippen LogP contribution in [0.15, 0.2) is 47.4 Å². The number of benzene rings is 2. The van der Waals surface area contributed by atoms with E-state index < -0.39 is 10.0 Å². The fraction of sp³-hybridized carbons (Fsp3) is 0.368. The quantitative estimate of drug-likeness (QED) is 0.615. The molecule has 0 spiro atoms. The topological polar surface area (TPSA) is 90.7 Å². The Bertz CT molecular complexity index is 843. The molecular formula is C19H27ClN2O4S. The fourth-order valence-corrected chi connectivity index (χ4v) is 3.45. The van der Waals surface area contributed by atoms with Crippen LogP contribution in [0.5, 0.6) is 11.5 Å². The van der Waals surface area contributed by atoms with Gasteiger partial charge < -0.3 is 14.8 Å². The molecule has 0 radical (unpaired) electrons. The van der Waals surface area contributed by atoms with Crippen LogP contribution >= 0.6 is 12.4 Å². The fourth-order valence-electron chi connectivity index (χ4n) is 2.62. The van der Waals surface area contributed by atoms with E-state index in [0.717, 1.165) is 5.56 Å². The molecule has 1 atom stereocenters. The summed E-state index contributed by atoms with van der Waals surface area (Å²) >= 11 is 0. The van der Waals surface area contributed by atoms with E-state index in [-0.39, 0.29) is 23.4 Å². The van der Waals surface area contributed by atoms with Crippen LogP contribution in [0.2, 0.25) is 0 Å². The number of rotatable bonds is 9. The van der Waals surface area contributed by atoms with Crippen LogP contribution < -0.4 is 19.9 Å². The molecule has 0 saturated carbocycles. The first-order valence-electron chi connectivity index (χ1n) is 8.44. The van der Waals surface area contributed by atoms with Crippen molar-refractivity contribution in [1.29, 1.82) is 0 Å². The first-order valence-corrected chi connectivity index (χ1v) is 9.98. The Hall–Kier alpha value is -1.80. The second-order valence-corrected chi connectivity index (χ2v) is 7.71. The molecular weight excluding hydrogens is 388 g/mol. The van der Waals surface area contributed by atoms with Gasteiger partial charge in [0.15, 0.2) is 11.5 Å². The van der Waals surface area contributed by atoms with E-state index in [1.165, 1.54) is 0 Å². The molecule has 0 aliphatic carbocycles. The third kappa shape index (κ3) is 7.03. The van der Waals surface area contributed by atoms with E-state index in [1.54, 1.807) is 26.2 Å². The van der Waals surface area contributed by atoms with Gasteiger partial charge in [-0.2, -0.15) is 0 Å². The van der Waals surface area contributed by atoms with E-state index >= 15 is 0 Å². The number of aryl methyl sites for hydroxylation is 1. The van der Waals surface area contributed by atoms with Gasteiger partial charge >= 0.3 is 0 Å². The van der Waals surface area contributed by atoms with Gasteiger partial charge in [-0.3, -0.25) is 0 Å². The summed E-state index contributed by atoms with van der Waals surface area (Å²) in [4.78, 5) is 0.183. The van der Waals surface area contributed by atoms with Crippen LogP contribution in [-0.4, -0.2) is 34.7 Å². The molecule has 27 heavy (non-hydrogen) atoms. The summed E-state index contributed by atoms with van der Waals surface area (Å²) in [6.07, 6.45) is 0.661. The Morgan fingerprint density at radius 1 is 1.15 bits per heavy atom. The van der Waals surface area contributed by atoms with Crippen molar-refractivity contribution >= 4 is 22.4 Å². The Morgan fingerprint density at radius 3 is 2.44 bits per heavy atom. The SMILES string of the molecule is COc1ccccc1OC(C)CNCCc1ccc(C)c(S(N)(=O)=O)c1.Cl. The molecule has 150 valence electrons. The molecule has 0 bridgehead atoms. The van der Waals surface area contributed by atoms with Crippen molar-refractivity contribution in [2.24, 2.45) is 5.14 Å². The van der Waals surface area contributed by atoms with Gasteiger partial charge in [-0.15, -0.1) is 12.4 Å². The van der Waals surface area contributed by atoms with E-state index in [1.807, 2.05) is 37.3 Å². The molecule has 2 aromatic carbocycles. The first-order chi connectivity index (χ1) is 12.3. The molecule has 8 heteroatoms. The highest BCUT2D eigenvalue weighted by Gasteiger charge is 2.12. The minimum Gasteiger partial charge on any atom is -0.493 e. The molecule has 1 unspecified atom stereocenters. The molecule has 3 N–H and O–H groups in total. The summed E-state index contributed by atoms with van der Waals surface area (Å²) in [5, 5.41) is 8.57. The number of nitrogens with two attached hydrogens (primary N) is 1. The minimum absolute atomic E-state index is 0. The van der Waals surface area contributed by atoms with Gasteiger partial charge in [0.25, 0.3) is 0 Å². The number of primary sulfonamides is 1. The predicted octanol–water partition coefficient (Wildman–Crippen LogP) is 2.67. The minimum atomic E-state index is -3.69. The van der Waals surface area contributed by atoms with Crippen LogP contribution in [-0.2, 0) is 16.4 Å². The van der Waals surface area contributed by atoms with Gasteiger partial charge in [0, 0.05) is 6.54 Å². The second-order valence-electron chi connectivity index (χ2n) is 6.18. The summed E-state index contributed by atoms with van der Waals surface area (Å²) in [5.74, 6) is 1.41. The van der Waals surface area contributed by atoms with Gasteiger partial charge in [-0.05, 0) is 56.1 Å². The summed E-state index contributed by atoms with van der Waals surface area (Å²) in [7, 11) is -2.08. The largest absolute Gasteiger partial charge is 0.493 e. The Balaban J connectivity index is 0.00000364. The molecule has 0 saturated heterocycles. The summed E-state index contributed by atoms with van der Waals surface area (Å²) < 4.78 is 34.3. The van der Waals surface area contributed by atoms with E-state index in [0.29, 0.717) is 36.6 Å². The maximum Gasteiger partial charge on any atom is 0.238 e. The number of para-hydroxylation sites is 2. The van der Waals surface area contributed by atoms with Crippen molar-refractivity contribution < 1.29 is 17.9 Å². The van der Waals surface area contributed by atoms with Crippen LogP contribution in [0.3, 0.4) is 0 Å². The summed E-state index contributed by atoms with van der Waals surface area (Å²) in [6, 6.07) is 12.9. The standard InChI is InChI=1S/C19H26N2O4S.ClH/c1-14-8-9-16(12-19(14)26(20,22)23)10-11-21-13-15(2)25-18-7-5-4-6-17(18)24-3;/h4-9,12,15,21H,10-11,13H2,1-3H3,(H2,20,22,23);1H. The predicted molar refractivity (Wildman–Crippen MR) is 109 cm³/mol. The highest BCUT2D eigenvalue weighted by molar-refractivity contribution is 7.89. The van der Waals surface area contributed by atoms with Crippen LogP contribution in [0.25, 0.3) is 0 Å². The van der Waals surface area contributed by atoms with Crippen molar-refractivity contribution in [3.63, 3.8) is 0 Å². The first kappa shape index (κ1) is 23.2. The highest BCUT2D eigenvalue weighted by atomic mass is 35.5. The van der Waals surface area contributed by atoms with Crippen molar-refractivity contribution in [1.82, 2.24) is 5.32 Å². The maximum atomic E-state index is 11.6. The zero-order chi connectivity index (χ0) is 19.2.